The molecule has 0 spiro atoms. The lowest BCUT2D eigenvalue weighted by molar-refractivity contribution is -0.137. The number of hydrogen-bond acceptors (Lipinski definition) is 3. The number of carboxylic acid groups (broad SMARTS) is 1. The van der Waals surface area contributed by atoms with Crippen LogP contribution in [0.25, 0.3) is 0 Å². The van der Waals surface area contributed by atoms with Gasteiger partial charge in [-0.1, -0.05) is 6.92 Å². The molecule has 0 rings (SSSR count). The summed E-state index contributed by atoms with van der Waals surface area (Å²) in [6, 6.07) is 0. The third kappa shape index (κ3) is 4.60. The Hall–Kier alpha value is -1.19. The molecular weight excluding hydrogens is 158 g/mol. The number of rotatable bonds is 6. The molecule has 0 aromatic heterocycles. The van der Waals surface area contributed by atoms with Gasteiger partial charge in [-0.05, 0) is 12.8 Å². The summed E-state index contributed by atoms with van der Waals surface area (Å²) in [6.45, 7) is 1.69. The minimum atomic E-state index is -0.883. The molecule has 0 aromatic rings. The summed E-state index contributed by atoms with van der Waals surface area (Å²) < 4.78 is 0. The average Bonchev–Trinajstić information content (AvgIpc) is 2.02. The third-order valence-corrected chi connectivity index (χ3v) is 1.48. The van der Waals surface area contributed by atoms with Gasteiger partial charge in [0.05, 0.1) is 5.71 Å². The highest BCUT2D eigenvalue weighted by Gasteiger charge is 2.06. The number of nitrogens with one attached hydrogen (secondary N) is 1. The van der Waals surface area contributed by atoms with E-state index in [9.17, 15) is 9.59 Å². The smallest absolute Gasteiger partial charge is 0.303 e. The van der Waals surface area contributed by atoms with Gasteiger partial charge in [0.2, 0.25) is 0 Å². The van der Waals surface area contributed by atoms with Gasteiger partial charge in [0, 0.05) is 12.8 Å². The summed E-state index contributed by atoms with van der Waals surface area (Å²) in [7, 11) is 0. The van der Waals surface area contributed by atoms with E-state index in [-0.39, 0.29) is 24.3 Å². The SMILES string of the molecule is CCC(=O)C(=N)CCCC(=O)O. The number of hydrogen-bond donors (Lipinski definition) is 2. The molecule has 68 valence electrons. The Labute approximate surface area is 71.1 Å². The zero-order chi connectivity index (χ0) is 9.56. The molecule has 2 N–H and O–H groups in total. The number of ketones is 1. The van der Waals surface area contributed by atoms with Gasteiger partial charge < -0.3 is 10.5 Å². The van der Waals surface area contributed by atoms with Crippen molar-refractivity contribution >= 4 is 17.5 Å². The molecule has 0 heterocycles. The predicted octanol–water partition coefficient (Wildman–Crippen LogP) is 1.24. The summed E-state index contributed by atoms with van der Waals surface area (Å²) in [6.07, 6.45) is 1.00. The van der Waals surface area contributed by atoms with Crippen molar-refractivity contribution in [2.24, 2.45) is 0 Å². The van der Waals surface area contributed by atoms with E-state index in [1.807, 2.05) is 0 Å². The predicted molar refractivity (Wildman–Crippen MR) is 44.5 cm³/mol. The summed E-state index contributed by atoms with van der Waals surface area (Å²) in [5.41, 5.74) is 0.0405. The van der Waals surface area contributed by atoms with Crippen LogP contribution in [0.4, 0.5) is 0 Å². The zero-order valence-electron chi connectivity index (χ0n) is 7.09. The Morgan fingerprint density at radius 1 is 1.33 bits per heavy atom. The maximum absolute atomic E-state index is 10.8. The molecule has 4 nitrogen and oxygen atoms in total. The molecule has 0 aliphatic rings. The van der Waals surface area contributed by atoms with Crippen LogP contribution in [-0.2, 0) is 9.59 Å². The Morgan fingerprint density at radius 3 is 2.33 bits per heavy atom. The lowest BCUT2D eigenvalue weighted by Crippen LogP contribution is -2.11. The molecule has 0 bridgehead atoms. The molecule has 0 atom stereocenters. The zero-order valence-corrected chi connectivity index (χ0v) is 7.09. The Bertz CT molecular complexity index is 198. The van der Waals surface area contributed by atoms with E-state index in [0.717, 1.165) is 0 Å². The average molecular weight is 171 g/mol. The first-order chi connectivity index (χ1) is 5.57. The van der Waals surface area contributed by atoms with Crippen LogP contribution in [0.3, 0.4) is 0 Å². The van der Waals surface area contributed by atoms with Gasteiger partial charge in [0.1, 0.15) is 0 Å². The molecule has 0 saturated heterocycles. The van der Waals surface area contributed by atoms with Crippen molar-refractivity contribution < 1.29 is 14.7 Å². The van der Waals surface area contributed by atoms with Crippen molar-refractivity contribution in [2.75, 3.05) is 0 Å². The van der Waals surface area contributed by atoms with Crippen LogP contribution in [-0.4, -0.2) is 22.6 Å². The van der Waals surface area contributed by atoms with Gasteiger partial charge in [-0.2, -0.15) is 0 Å². The fraction of sp³-hybridized carbons (Fsp3) is 0.625. The van der Waals surface area contributed by atoms with Crippen LogP contribution in [0.15, 0.2) is 0 Å². The van der Waals surface area contributed by atoms with Crippen molar-refractivity contribution in [3.8, 4) is 0 Å². The molecule has 0 aliphatic heterocycles. The van der Waals surface area contributed by atoms with Gasteiger partial charge in [-0.25, -0.2) is 0 Å². The van der Waals surface area contributed by atoms with Crippen LogP contribution < -0.4 is 0 Å². The van der Waals surface area contributed by atoms with Crippen molar-refractivity contribution in [2.45, 2.75) is 32.6 Å². The van der Waals surface area contributed by atoms with Crippen LogP contribution in [0.1, 0.15) is 32.6 Å². The second-order valence-corrected chi connectivity index (χ2v) is 2.50. The van der Waals surface area contributed by atoms with Crippen molar-refractivity contribution in [1.29, 1.82) is 5.41 Å². The van der Waals surface area contributed by atoms with Crippen molar-refractivity contribution in [3.63, 3.8) is 0 Å². The standard InChI is InChI=1S/C8H13NO3/c1-2-7(10)6(9)4-3-5-8(11)12/h9H,2-5H2,1H3,(H,11,12). The highest BCUT2D eigenvalue weighted by molar-refractivity contribution is 6.38. The van der Waals surface area contributed by atoms with E-state index in [0.29, 0.717) is 12.8 Å². The van der Waals surface area contributed by atoms with E-state index in [2.05, 4.69) is 0 Å². The molecule has 0 aliphatic carbocycles. The Balaban J connectivity index is 3.58. The maximum atomic E-state index is 10.8. The third-order valence-electron chi connectivity index (χ3n) is 1.48. The molecule has 0 fully saturated rings. The first kappa shape index (κ1) is 10.8. The van der Waals surface area contributed by atoms with E-state index >= 15 is 0 Å². The largest absolute Gasteiger partial charge is 0.481 e. The van der Waals surface area contributed by atoms with Gasteiger partial charge in [-0.3, -0.25) is 9.59 Å². The van der Waals surface area contributed by atoms with E-state index in [1.54, 1.807) is 6.92 Å². The highest BCUT2D eigenvalue weighted by Crippen LogP contribution is 1.99. The van der Waals surface area contributed by atoms with Crippen LogP contribution in [0, 0.1) is 5.41 Å². The van der Waals surface area contributed by atoms with Gasteiger partial charge >= 0.3 is 5.97 Å². The lowest BCUT2D eigenvalue weighted by atomic mass is 10.1. The van der Waals surface area contributed by atoms with Crippen LogP contribution >= 0.6 is 0 Å². The van der Waals surface area contributed by atoms with Crippen LogP contribution in [0.2, 0.25) is 0 Å². The minimum Gasteiger partial charge on any atom is -0.481 e. The molecule has 0 unspecified atom stereocenters. The quantitative estimate of drug-likeness (QED) is 0.590. The first-order valence-corrected chi connectivity index (χ1v) is 3.90. The number of carbonyl (C=O) groups is 2. The number of Topliss-reactive ketones (excluding diaryl/α,β-unsaturated/α-hetero) is 1. The normalized spacial score (nSPS) is 9.42. The summed E-state index contributed by atoms with van der Waals surface area (Å²) >= 11 is 0. The van der Waals surface area contributed by atoms with Crippen molar-refractivity contribution in [1.82, 2.24) is 0 Å². The van der Waals surface area contributed by atoms with E-state index in [1.165, 1.54) is 0 Å². The summed E-state index contributed by atoms with van der Waals surface area (Å²) in [5.74, 6) is -1.08. The van der Waals surface area contributed by atoms with Gasteiger partial charge in [0.25, 0.3) is 0 Å². The fourth-order valence-electron chi connectivity index (χ4n) is 0.769. The molecule has 4 heteroatoms. The second-order valence-electron chi connectivity index (χ2n) is 2.50. The number of carboxylic acids is 1. The first-order valence-electron chi connectivity index (χ1n) is 3.90. The minimum absolute atomic E-state index is 0.0272. The topological polar surface area (TPSA) is 78.2 Å². The molecule has 0 saturated carbocycles. The van der Waals surface area contributed by atoms with E-state index < -0.39 is 5.97 Å². The molecular formula is C8H13NO3. The summed E-state index contributed by atoms with van der Waals surface area (Å²) in [4.78, 5) is 20.9. The highest BCUT2D eigenvalue weighted by atomic mass is 16.4. The number of carbonyl (C=O) groups excluding carboxylic acids is 1. The monoisotopic (exact) mass is 171 g/mol. The van der Waals surface area contributed by atoms with Gasteiger partial charge in [0.15, 0.2) is 5.78 Å². The maximum Gasteiger partial charge on any atom is 0.303 e. The molecule has 12 heavy (non-hydrogen) atoms. The number of aliphatic carboxylic acids is 1. The Kier molecular flexibility index (Phi) is 4.92. The lowest BCUT2D eigenvalue weighted by Gasteiger charge is -1.98. The molecule has 0 radical (unpaired) electrons. The van der Waals surface area contributed by atoms with Crippen LogP contribution in [0.5, 0.6) is 0 Å². The molecule has 0 aromatic carbocycles. The Morgan fingerprint density at radius 2 is 1.92 bits per heavy atom. The van der Waals surface area contributed by atoms with E-state index in [4.69, 9.17) is 10.5 Å². The summed E-state index contributed by atoms with van der Waals surface area (Å²) in [5, 5.41) is 15.5. The molecule has 0 amide bonds. The van der Waals surface area contributed by atoms with Gasteiger partial charge in [-0.15, -0.1) is 0 Å². The van der Waals surface area contributed by atoms with Crippen molar-refractivity contribution in [3.05, 3.63) is 0 Å². The second kappa shape index (κ2) is 5.46. The fourth-order valence-corrected chi connectivity index (χ4v) is 0.769.